The number of nitrogens with zero attached hydrogens (tertiary/aromatic N) is 2. The summed E-state index contributed by atoms with van der Waals surface area (Å²) >= 11 is 0. The molecule has 0 aliphatic rings. The van der Waals surface area contributed by atoms with Crippen LogP contribution in [0.25, 0.3) is 22.4 Å². The number of ketones is 1. The van der Waals surface area contributed by atoms with Crippen molar-refractivity contribution < 1.29 is 9.53 Å². The van der Waals surface area contributed by atoms with Crippen LogP contribution in [0.1, 0.15) is 21.5 Å². The predicted molar refractivity (Wildman–Crippen MR) is 125 cm³/mol. The maximum Gasteiger partial charge on any atom is 0.167 e. The number of carbonyl (C=O) groups is 1. The number of hydrogen-bond donors (Lipinski definition) is 1. The Morgan fingerprint density at radius 1 is 0.938 bits per heavy atom. The summed E-state index contributed by atoms with van der Waals surface area (Å²) in [7, 11) is 1.58. The number of ether oxygens (including phenoxy) is 1. The Morgan fingerprint density at radius 3 is 2.09 bits per heavy atom. The molecular weight excluding hydrogens is 398 g/mol. The minimum absolute atomic E-state index is 0.0722. The smallest absolute Gasteiger partial charge is 0.167 e. The fourth-order valence-corrected chi connectivity index (χ4v) is 3.72. The van der Waals surface area contributed by atoms with E-state index in [1.54, 1.807) is 31.4 Å². The highest BCUT2D eigenvalue weighted by atomic mass is 16.5. The van der Waals surface area contributed by atoms with Crippen LogP contribution in [0.2, 0.25) is 0 Å². The Hall–Kier alpha value is -4.43. The van der Waals surface area contributed by atoms with Gasteiger partial charge in [-0.2, -0.15) is 5.26 Å². The third-order valence-electron chi connectivity index (χ3n) is 5.30. The van der Waals surface area contributed by atoms with Gasteiger partial charge in [-0.05, 0) is 35.4 Å². The van der Waals surface area contributed by atoms with Crippen molar-refractivity contribution in [2.24, 2.45) is 0 Å². The lowest BCUT2D eigenvalue weighted by Gasteiger charge is -2.18. The third kappa shape index (κ3) is 4.07. The first kappa shape index (κ1) is 20.8. The third-order valence-corrected chi connectivity index (χ3v) is 5.30. The predicted octanol–water partition coefficient (Wildman–Crippen LogP) is 5.30. The first-order valence-corrected chi connectivity index (χ1v) is 10.1. The fourth-order valence-electron chi connectivity index (χ4n) is 3.72. The molecule has 1 aromatic heterocycles. The average molecular weight is 419 g/mol. The van der Waals surface area contributed by atoms with Gasteiger partial charge in [0.1, 0.15) is 23.2 Å². The van der Waals surface area contributed by atoms with Crippen molar-refractivity contribution in [1.82, 2.24) is 4.98 Å². The molecule has 0 atom stereocenters. The van der Waals surface area contributed by atoms with E-state index in [0.29, 0.717) is 28.1 Å². The number of Topliss-reactive ketones (excluding diaryl/α,β-unsaturated/α-hetero) is 1. The molecular formula is C27H21N3O2. The lowest BCUT2D eigenvalue weighted by Crippen LogP contribution is -2.11. The molecule has 3 aromatic carbocycles. The Labute approximate surface area is 186 Å². The fraction of sp³-hybridized carbons (Fsp3) is 0.0741. The Bertz CT molecular complexity index is 1290. The van der Waals surface area contributed by atoms with Gasteiger partial charge in [0, 0.05) is 23.1 Å². The number of benzene rings is 3. The zero-order valence-electron chi connectivity index (χ0n) is 17.6. The molecule has 0 aliphatic carbocycles. The summed E-state index contributed by atoms with van der Waals surface area (Å²) in [5.74, 6) is 0.737. The molecule has 0 aliphatic heterocycles. The van der Waals surface area contributed by atoms with Gasteiger partial charge >= 0.3 is 0 Å². The van der Waals surface area contributed by atoms with Crippen LogP contribution in [0, 0.1) is 11.3 Å². The van der Waals surface area contributed by atoms with Crippen molar-refractivity contribution in [2.45, 2.75) is 6.42 Å². The maximum absolute atomic E-state index is 13.3. The highest BCUT2D eigenvalue weighted by Gasteiger charge is 2.23. The molecule has 0 unspecified atom stereocenters. The molecule has 32 heavy (non-hydrogen) atoms. The molecule has 0 spiro atoms. The van der Waals surface area contributed by atoms with Crippen molar-refractivity contribution in [3.05, 3.63) is 102 Å². The summed E-state index contributed by atoms with van der Waals surface area (Å²) in [6.07, 6.45) is 0.0722. The molecule has 2 N–H and O–H groups in total. The quantitative estimate of drug-likeness (QED) is 0.428. The van der Waals surface area contributed by atoms with E-state index in [0.717, 1.165) is 11.1 Å². The van der Waals surface area contributed by atoms with Crippen LogP contribution in [0.5, 0.6) is 5.75 Å². The van der Waals surface area contributed by atoms with E-state index in [9.17, 15) is 10.1 Å². The van der Waals surface area contributed by atoms with Crippen LogP contribution in [0.4, 0.5) is 5.82 Å². The van der Waals surface area contributed by atoms with Crippen LogP contribution >= 0.6 is 0 Å². The van der Waals surface area contributed by atoms with E-state index in [1.165, 1.54) is 0 Å². The highest BCUT2D eigenvalue weighted by Crippen LogP contribution is 2.37. The normalized spacial score (nSPS) is 10.4. The van der Waals surface area contributed by atoms with Crippen molar-refractivity contribution in [3.63, 3.8) is 0 Å². The zero-order chi connectivity index (χ0) is 22.5. The Morgan fingerprint density at radius 2 is 1.53 bits per heavy atom. The van der Waals surface area contributed by atoms with Crippen LogP contribution < -0.4 is 10.5 Å². The van der Waals surface area contributed by atoms with E-state index in [1.807, 2.05) is 60.7 Å². The monoisotopic (exact) mass is 419 g/mol. The molecule has 0 amide bonds. The van der Waals surface area contributed by atoms with Gasteiger partial charge in [0.05, 0.1) is 12.8 Å². The Kier molecular flexibility index (Phi) is 5.96. The van der Waals surface area contributed by atoms with Crippen molar-refractivity contribution in [1.29, 1.82) is 5.26 Å². The number of pyridine rings is 1. The number of methoxy groups -OCH3 is 1. The second-order valence-corrected chi connectivity index (χ2v) is 7.25. The SMILES string of the molecule is COc1ccc(C(=O)Cc2c(-c3ccccc3)nc(N)c(C#N)c2-c2ccccc2)cc1. The molecule has 0 bridgehead atoms. The number of rotatable bonds is 6. The largest absolute Gasteiger partial charge is 0.497 e. The first-order chi connectivity index (χ1) is 15.6. The number of anilines is 1. The zero-order valence-corrected chi connectivity index (χ0v) is 17.6. The van der Waals surface area contributed by atoms with Crippen molar-refractivity contribution in [2.75, 3.05) is 12.8 Å². The van der Waals surface area contributed by atoms with Gasteiger partial charge in [-0.3, -0.25) is 4.79 Å². The molecule has 5 heteroatoms. The summed E-state index contributed by atoms with van der Waals surface area (Å²) in [5, 5.41) is 9.89. The molecule has 0 fully saturated rings. The van der Waals surface area contributed by atoms with Crippen LogP contribution in [-0.2, 0) is 6.42 Å². The summed E-state index contributed by atoms with van der Waals surface area (Å²) in [5.41, 5.74) is 10.6. The maximum atomic E-state index is 13.3. The number of nitrogens with two attached hydrogens (primary N) is 1. The molecule has 156 valence electrons. The molecule has 0 radical (unpaired) electrons. The average Bonchev–Trinajstić information content (AvgIpc) is 2.85. The summed E-state index contributed by atoms with van der Waals surface area (Å²) in [6.45, 7) is 0. The van der Waals surface area contributed by atoms with E-state index < -0.39 is 0 Å². The van der Waals surface area contributed by atoms with Crippen molar-refractivity contribution in [3.8, 4) is 34.2 Å². The second-order valence-electron chi connectivity index (χ2n) is 7.25. The van der Waals surface area contributed by atoms with Gasteiger partial charge in [-0.15, -0.1) is 0 Å². The van der Waals surface area contributed by atoms with Crippen LogP contribution in [0.3, 0.4) is 0 Å². The summed E-state index contributed by atoms with van der Waals surface area (Å²) in [6, 6.07) is 28.3. The summed E-state index contributed by atoms with van der Waals surface area (Å²) in [4.78, 5) is 17.8. The minimum atomic E-state index is -0.0857. The van der Waals surface area contributed by atoms with Crippen LogP contribution in [-0.4, -0.2) is 17.9 Å². The molecule has 4 rings (SSSR count). The molecule has 0 saturated carbocycles. The van der Waals surface area contributed by atoms with Gasteiger partial charge in [0.25, 0.3) is 0 Å². The van der Waals surface area contributed by atoms with Gasteiger partial charge in [0.2, 0.25) is 0 Å². The summed E-state index contributed by atoms with van der Waals surface area (Å²) < 4.78 is 5.19. The van der Waals surface area contributed by atoms with E-state index in [4.69, 9.17) is 10.5 Å². The molecule has 0 saturated heterocycles. The van der Waals surface area contributed by atoms with Gasteiger partial charge in [0.15, 0.2) is 5.78 Å². The van der Waals surface area contributed by atoms with E-state index in [-0.39, 0.29) is 23.6 Å². The number of nitrogen functional groups attached to an aromatic ring is 1. The molecule has 5 nitrogen and oxygen atoms in total. The topological polar surface area (TPSA) is 89.0 Å². The standard InChI is InChI=1S/C27H21N3O2/c1-32-21-14-12-18(13-15-21)24(31)16-22-25(19-8-4-2-5-9-19)23(17-28)27(29)30-26(22)20-10-6-3-7-11-20/h2-15H,16H2,1H3,(H2,29,30). The number of aromatic nitrogens is 1. The minimum Gasteiger partial charge on any atom is -0.497 e. The van der Waals surface area contributed by atoms with E-state index in [2.05, 4.69) is 11.1 Å². The first-order valence-electron chi connectivity index (χ1n) is 10.1. The van der Waals surface area contributed by atoms with E-state index >= 15 is 0 Å². The molecule has 4 aromatic rings. The number of carbonyl (C=O) groups excluding carboxylic acids is 1. The lowest BCUT2D eigenvalue weighted by molar-refractivity contribution is 0.0993. The highest BCUT2D eigenvalue weighted by molar-refractivity contribution is 6.00. The number of hydrogen-bond acceptors (Lipinski definition) is 5. The number of nitriles is 1. The van der Waals surface area contributed by atoms with Crippen LogP contribution in [0.15, 0.2) is 84.9 Å². The van der Waals surface area contributed by atoms with Gasteiger partial charge in [-0.1, -0.05) is 60.7 Å². The second kappa shape index (κ2) is 9.15. The van der Waals surface area contributed by atoms with Gasteiger partial charge < -0.3 is 10.5 Å². The molecule has 1 heterocycles. The van der Waals surface area contributed by atoms with Gasteiger partial charge in [-0.25, -0.2) is 4.98 Å². The lowest BCUT2D eigenvalue weighted by atomic mass is 9.88. The van der Waals surface area contributed by atoms with Crippen molar-refractivity contribution >= 4 is 11.6 Å². The Balaban J connectivity index is 1.93.